The van der Waals surface area contributed by atoms with Gasteiger partial charge in [-0.05, 0) is 43.9 Å². The fourth-order valence-corrected chi connectivity index (χ4v) is 3.73. The van der Waals surface area contributed by atoms with Crippen LogP contribution >= 0.6 is 0 Å². The molecule has 30 heavy (non-hydrogen) atoms. The van der Waals surface area contributed by atoms with Gasteiger partial charge in [0.1, 0.15) is 11.6 Å². The zero-order chi connectivity index (χ0) is 21.5. The van der Waals surface area contributed by atoms with Crippen molar-refractivity contribution in [2.75, 3.05) is 19.8 Å². The van der Waals surface area contributed by atoms with E-state index in [-0.39, 0.29) is 35.5 Å². The maximum absolute atomic E-state index is 14.8. The molecule has 0 aliphatic carbocycles. The van der Waals surface area contributed by atoms with Crippen molar-refractivity contribution in [1.82, 2.24) is 0 Å². The summed E-state index contributed by atoms with van der Waals surface area (Å²) in [6, 6.07) is 7.09. The number of unbranched alkanes of at least 4 members (excludes halogenated alkanes) is 2. The Morgan fingerprint density at radius 2 is 1.77 bits per heavy atom. The van der Waals surface area contributed by atoms with E-state index in [0.29, 0.717) is 31.8 Å². The van der Waals surface area contributed by atoms with Gasteiger partial charge in [-0.25, -0.2) is 13.2 Å². The molecule has 2 aromatic rings. The van der Waals surface area contributed by atoms with E-state index in [2.05, 4.69) is 6.92 Å². The summed E-state index contributed by atoms with van der Waals surface area (Å²) >= 11 is 0. The Labute approximate surface area is 176 Å². The van der Waals surface area contributed by atoms with Gasteiger partial charge in [-0.3, -0.25) is 0 Å². The predicted molar refractivity (Wildman–Crippen MR) is 110 cm³/mol. The largest absolute Gasteiger partial charge is 0.494 e. The SMILES string of the molecule is CCCCCOC1CCC(c2ccc(-c3ccc(OCC)cc3F)c(F)c2F)CO1. The molecule has 3 nitrogen and oxygen atoms in total. The maximum Gasteiger partial charge on any atom is 0.167 e. The number of benzene rings is 2. The van der Waals surface area contributed by atoms with Crippen LogP contribution in [0.5, 0.6) is 5.75 Å². The van der Waals surface area contributed by atoms with Crippen LogP contribution < -0.4 is 4.74 Å². The van der Waals surface area contributed by atoms with Gasteiger partial charge < -0.3 is 14.2 Å². The number of rotatable bonds is 9. The lowest BCUT2D eigenvalue weighted by Gasteiger charge is -2.29. The molecule has 1 saturated heterocycles. The minimum atomic E-state index is -1.05. The first-order chi connectivity index (χ1) is 14.5. The molecular weight excluding hydrogens is 393 g/mol. The lowest BCUT2D eigenvalue weighted by atomic mass is 9.90. The number of halogens is 3. The molecule has 1 fully saturated rings. The molecule has 0 aromatic heterocycles. The molecule has 3 rings (SSSR count). The first kappa shape index (κ1) is 22.6. The highest BCUT2D eigenvalue weighted by molar-refractivity contribution is 5.66. The van der Waals surface area contributed by atoms with Gasteiger partial charge in [-0.15, -0.1) is 0 Å². The van der Waals surface area contributed by atoms with Crippen LogP contribution in [0.3, 0.4) is 0 Å². The van der Waals surface area contributed by atoms with E-state index >= 15 is 0 Å². The molecule has 1 heterocycles. The van der Waals surface area contributed by atoms with Crippen molar-refractivity contribution in [2.24, 2.45) is 0 Å². The van der Waals surface area contributed by atoms with Crippen LogP contribution in [0, 0.1) is 17.5 Å². The molecule has 0 spiro atoms. The Morgan fingerprint density at radius 1 is 0.967 bits per heavy atom. The fourth-order valence-electron chi connectivity index (χ4n) is 3.73. The van der Waals surface area contributed by atoms with Gasteiger partial charge in [-0.2, -0.15) is 0 Å². The summed E-state index contributed by atoms with van der Waals surface area (Å²) in [5.41, 5.74) is 0.152. The van der Waals surface area contributed by atoms with Crippen LogP contribution in [0.1, 0.15) is 57.4 Å². The molecule has 0 radical (unpaired) electrons. The molecule has 0 amide bonds. The number of ether oxygens (including phenoxy) is 3. The third kappa shape index (κ3) is 5.35. The first-order valence-corrected chi connectivity index (χ1v) is 10.7. The minimum absolute atomic E-state index is 0.00170. The van der Waals surface area contributed by atoms with E-state index in [1.54, 1.807) is 13.0 Å². The van der Waals surface area contributed by atoms with Gasteiger partial charge >= 0.3 is 0 Å². The summed E-state index contributed by atoms with van der Waals surface area (Å²) in [7, 11) is 0. The Hall–Kier alpha value is -2.05. The third-order valence-electron chi connectivity index (χ3n) is 5.38. The van der Waals surface area contributed by atoms with Crippen molar-refractivity contribution in [2.45, 2.75) is 58.2 Å². The summed E-state index contributed by atoms with van der Waals surface area (Å²) in [5.74, 6) is -2.56. The third-order valence-corrected chi connectivity index (χ3v) is 5.38. The van der Waals surface area contributed by atoms with E-state index in [1.165, 1.54) is 24.3 Å². The van der Waals surface area contributed by atoms with Gasteiger partial charge in [0.2, 0.25) is 0 Å². The average Bonchev–Trinajstić information content (AvgIpc) is 2.75. The van der Waals surface area contributed by atoms with Crippen LogP contribution in [-0.2, 0) is 9.47 Å². The second kappa shape index (κ2) is 10.8. The first-order valence-electron chi connectivity index (χ1n) is 10.7. The van der Waals surface area contributed by atoms with Gasteiger partial charge in [0.15, 0.2) is 17.9 Å². The normalized spacial score (nSPS) is 19.1. The van der Waals surface area contributed by atoms with Crippen molar-refractivity contribution in [3.8, 4) is 16.9 Å². The summed E-state index contributed by atoms with van der Waals surface area (Å²) < 4.78 is 60.7. The molecule has 2 aromatic carbocycles. The Morgan fingerprint density at radius 3 is 2.43 bits per heavy atom. The highest BCUT2D eigenvalue weighted by Crippen LogP contribution is 2.35. The molecule has 6 heteroatoms. The van der Waals surface area contributed by atoms with Crippen molar-refractivity contribution in [1.29, 1.82) is 0 Å². The summed E-state index contributed by atoms with van der Waals surface area (Å²) in [5, 5.41) is 0. The molecule has 1 aliphatic heterocycles. The van der Waals surface area contributed by atoms with E-state index < -0.39 is 17.5 Å². The van der Waals surface area contributed by atoms with Gasteiger partial charge in [0, 0.05) is 29.7 Å². The average molecular weight is 422 g/mol. The second-order valence-electron chi connectivity index (χ2n) is 7.52. The van der Waals surface area contributed by atoms with E-state index in [4.69, 9.17) is 14.2 Å². The molecule has 164 valence electrons. The molecule has 2 unspecified atom stereocenters. The van der Waals surface area contributed by atoms with Crippen molar-refractivity contribution >= 4 is 0 Å². The molecule has 2 atom stereocenters. The van der Waals surface area contributed by atoms with Crippen molar-refractivity contribution < 1.29 is 27.4 Å². The molecular formula is C24H29F3O3. The fraction of sp³-hybridized carbons (Fsp3) is 0.500. The zero-order valence-electron chi connectivity index (χ0n) is 17.6. The van der Waals surface area contributed by atoms with E-state index in [0.717, 1.165) is 19.3 Å². The quantitative estimate of drug-likeness (QED) is 0.426. The molecule has 0 N–H and O–H groups in total. The predicted octanol–water partition coefficient (Wildman–Crippen LogP) is 6.60. The van der Waals surface area contributed by atoms with Crippen LogP contribution in [0.25, 0.3) is 11.1 Å². The summed E-state index contributed by atoms with van der Waals surface area (Å²) in [6.07, 6.45) is 4.21. The zero-order valence-corrected chi connectivity index (χ0v) is 17.6. The summed E-state index contributed by atoms with van der Waals surface area (Å²) in [4.78, 5) is 0. The molecule has 1 aliphatic rings. The van der Waals surface area contributed by atoms with Crippen molar-refractivity contribution in [3.05, 3.63) is 53.3 Å². The van der Waals surface area contributed by atoms with Crippen LogP contribution in [-0.4, -0.2) is 26.1 Å². The number of hydrogen-bond donors (Lipinski definition) is 0. The monoisotopic (exact) mass is 422 g/mol. The van der Waals surface area contributed by atoms with Crippen LogP contribution in [0.4, 0.5) is 13.2 Å². The second-order valence-corrected chi connectivity index (χ2v) is 7.52. The smallest absolute Gasteiger partial charge is 0.167 e. The lowest BCUT2D eigenvalue weighted by molar-refractivity contribution is -0.168. The Bertz CT molecular complexity index is 833. The number of hydrogen-bond acceptors (Lipinski definition) is 3. The standard InChI is InChI=1S/C24H29F3O3/c1-3-5-6-13-29-22-12-7-16(15-30-22)18-10-11-20(24(27)23(18)26)19-9-8-17(28-4-2)14-21(19)25/h8-11,14,16,22H,3-7,12-13,15H2,1-2H3. The highest BCUT2D eigenvalue weighted by atomic mass is 19.2. The molecule has 0 saturated carbocycles. The topological polar surface area (TPSA) is 27.7 Å². The minimum Gasteiger partial charge on any atom is -0.494 e. The Kier molecular flexibility index (Phi) is 8.16. The van der Waals surface area contributed by atoms with Gasteiger partial charge in [-0.1, -0.05) is 31.9 Å². The summed E-state index contributed by atoms with van der Waals surface area (Å²) in [6.45, 7) is 5.23. The van der Waals surface area contributed by atoms with Gasteiger partial charge in [0.25, 0.3) is 0 Å². The van der Waals surface area contributed by atoms with Crippen LogP contribution in [0.15, 0.2) is 30.3 Å². The molecule has 0 bridgehead atoms. The van der Waals surface area contributed by atoms with Gasteiger partial charge in [0.05, 0.1) is 13.2 Å². The van der Waals surface area contributed by atoms with E-state index in [9.17, 15) is 13.2 Å². The van der Waals surface area contributed by atoms with Crippen molar-refractivity contribution in [3.63, 3.8) is 0 Å². The van der Waals surface area contributed by atoms with Crippen LogP contribution in [0.2, 0.25) is 0 Å². The van der Waals surface area contributed by atoms with E-state index in [1.807, 2.05) is 0 Å². The Balaban J connectivity index is 1.69. The lowest BCUT2D eigenvalue weighted by Crippen LogP contribution is -2.28. The maximum atomic E-state index is 14.8. The highest BCUT2D eigenvalue weighted by Gasteiger charge is 2.28.